The highest BCUT2D eigenvalue weighted by Gasteiger charge is 2.18. The predicted molar refractivity (Wildman–Crippen MR) is 79.1 cm³/mol. The largest absolute Gasteiger partial charge is 0.271 e. The van der Waals surface area contributed by atoms with E-state index in [9.17, 15) is 0 Å². The van der Waals surface area contributed by atoms with Gasteiger partial charge in [-0.3, -0.25) is 5.84 Å². The van der Waals surface area contributed by atoms with Gasteiger partial charge in [0.15, 0.2) is 0 Å². The van der Waals surface area contributed by atoms with E-state index in [1.807, 2.05) is 12.1 Å². The number of thiophene rings is 1. The van der Waals surface area contributed by atoms with E-state index >= 15 is 0 Å². The summed E-state index contributed by atoms with van der Waals surface area (Å²) in [6.45, 7) is 6.35. The summed E-state index contributed by atoms with van der Waals surface area (Å²) in [6.07, 6.45) is 0. The van der Waals surface area contributed by atoms with E-state index in [0.29, 0.717) is 0 Å². The van der Waals surface area contributed by atoms with E-state index in [1.54, 1.807) is 11.3 Å². The Morgan fingerprint density at radius 2 is 1.78 bits per heavy atom. The second-order valence-corrected chi connectivity index (χ2v) is 6.30. The fraction of sp³-hybridized carbons (Fsp3) is 0.286. The summed E-state index contributed by atoms with van der Waals surface area (Å²) in [5.74, 6) is 5.74. The number of hydrogen-bond acceptors (Lipinski definition) is 3. The maximum atomic E-state index is 6.00. The van der Waals surface area contributed by atoms with Crippen molar-refractivity contribution in [2.24, 2.45) is 5.84 Å². The molecule has 0 amide bonds. The van der Waals surface area contributed by atoms with Gasteiger partial charge < -0.3 is 0 Å². The average molecular weight is 281 g/mol. The van der Waals surface area contributed by atoms with E-state index in [4.69, 9.17) is 17.4 Å². The number of nitrogens with one attached hydrogen (secondary N) is 1. The number of halogens is 1. The van der Waals surface area contributed by atoms with Gasteiger partial charge in [0.25, 0.3) is 0 Å². The molecule has 3 N–H and O–H groups in total. The van der Waals surface area contributed by atoms with E-state index in [-0.39, 0.29) is 6.04 Å². The maximum Gasteiger partial charge on any atom is 0.0931 e. The van der Waals surface area contributed by atoms with Gasteiger partial charge in [-0.25, -0.2) is 5.43 Å². The van der Waals surface area contributed by atoms with Gasteiger partial charge in [-0.15, -0.1) is 11.3 Å². The summed E-state index contributed by atoms with van der Waals surface area (Å²) >= 11 is 7.56. The summed E-state index contributed by atoms with van der Waals surface area (Å²) in [5.41, 5.74) is 7.91. The van der Waals surface area contributed by atoms with Crippen LogP contribution in [0.15, 0.2) is 24.3 Å². The van der Waals surface area contributed by atoms with E-state index in [0.717, 1.165) is 9.21 Å². The SMILES string of the molecule is Cc1cc(C)c(C(NN)c2ccc(Cl)s2)c(C)c1. The normalized spacial score (nSPS) is 12.7. The van der Waals surface area contributed by atoms with Crippen LogP contribution >= 0.6 is 22.9 Å². The number of benzene rings is 1. The first-order valence-electron chi connectivity index (χ1n) is 5.82. The van der Waals surface area contributed by atoms with E-state index in [1.165, 1.54) is 22.3 Å². The molecule has 2 aromatic rings. The minimum Gasteiger partial charge on any atom is -0.271 e. The molecule has 0 radical (unpaired) electrons. The van der Waals surface area contributed by atoms with Crippen molar-refractivity contribution in [3.63, 3.8) is 0 Å². The third-order valence-electron chi connectivity index (χ3n) is 3.07. The molecule has 1 aromatic heterocycles. The Hall–Kier alpha value is -0.870. The summed E-state index contributed by atoms with van der Waals surface area (Å²) in [5, 5.41) is 0. The third kappa shape index (κ3) is 2.59. The molecular formula is C14H17ClN2S. The van der Waals surface area contributed by atoms with Crippen LogP contribution in [0, 0.1) is 20.8 Å². The summed E-state index contributed by atoms with van der Waals surface area (Å²) in [7, 11) is 0. The van der Waals surface area contributed by atoms with Gasteiger partial charge in [-0.05, 0) is 49.6 Å². The van der Waals surface area contributed by atoms with Crippen molar-refractivity contribution in [1.29, 1.82) is 0 Å². The Bertz CT molecular complexity index is 540. The van der Waals surface area contributed by atoms with Crippen molar-refractivity contribution >= 4 is 22.9 Å². The molecule has 0 aliphatic rings. The number of hydrogen-bond donors (Lipinski definition) is 2. The fourth-order valence-corrected chi connectivity index (χ4v) is 3.57. The minimum atomic E-state index is 0.00287. The van der Waals surface area contributed by atoms with Crippen LogP contribution < -0.4 is 11.3 Å². The molecule has 0 aliphatic carbocycles. The molecule has 0 aliphatic heterocycles. The maximum absolute atomic E-state index is 6.00. The second kappa shape index (κ2) is 5.41. The van der Waals surface area contributed by atoms with E-state index < -0.39 is 0 Å². The van der Waals surface area contributed by atoms with Crippen molar-refractivity contribution in [2.75, 3.05) is 0 Å². The molecule has 2 rings (SSSR count). The molecule has 1 heterocycles. The molecule has 18 heavy (non-hydrogen) atoms. The van der Waals surface area contributed by atoms with Crippen LogP contribution in [0.5, 0.6) is 0 Å². The molecule has 2 nitrogen and oxygen atoms in total. The summed E-state index contributed by atoms with van der Waals surface area (Å²) in [6, 6.07) is 8.30. The topological polar surface area (TPSA) is 38.0 Å². The van der Waals surface area contributed by atoms with Crippen LogP contribution in [0.2, 0.25) is 4.34 Å². The zero-order valence-corrected chi connectivity index (χ0v) is 12.3. The van der Waals surface area contributed by atoms with Gasteiger partial charge in [0.05, 0.1) is 10.4 Å². The molecule has 1 atom stereocenters. The van der Waals surface area contributed by atoms with Crippen LogP contribution in [-0.4, -0.2) is 0 Å². The smallest absolute Gasteiger partial charge is 0.0931 e. The second-order valence-electron chi connectivity index (χ2n) is 4.55. The Balaban J connectivity index is 2.51. The lowest BCUT2D eigenvalue weighted by atomic mass is 9.93. The Labute approximate surface area is 117 Å². The van der Waals surface area contributed by atoms with Crippen LogP contribution in [-0.2, 0) is 0 Å². The molecule has 1 aromatic carbocycles. The molecule has 0 spiro atoms. The highest BCUT2D eigenvalue weighted by molar-refractivity contribution is 7.16. The molecular weight excluding hydrogens is 264 g/mol. The number of nitrogens with two attached hydrogens (primary N) is 1. The van der Waals surface area contributed by atoms with E-state index in [2.05, 4.69) is 38.3 Å². The van der Waals surface area contributed by atoms with Gasteiger partial charge >= 0.3 is 0 Å². The van der Waals surface area contributed by atoms with Gasteiger partial charge in [-0.1, -0.05) is 29.3 Å². The summed E-state index contributed by atoms with van der Waals surface area (Å²) in [4.78, 5) is 1.14. The third-order valence-corrected chi connectivity index (χ3v) is 4.37. The number of aryl methyl sites for hydroxylation is 3. The lowest BCUT2D eigenvalue weighted by Crippen LogP contribution is -2.29. The standard InChI is InChI=1S/C14H17ClN2S/c1-8-6-9(2)13(10(3)7-8)14(17-16)11-4-5-12(15)18-11/h4-7,14,17H,16H2,1-3H3. The van der Waals surface area contributed by atoms with Crippen LogP contribution in [0.1, 0.15) is 33.2 Å². The molecule has 96 valence electrons. The summed E-state index contributed by atoms with van der Waals surface area (Å²) < 4.78 is 0.785. The highest BCUT2D eigenvalue weighted by atomic mass is 35.5. The minimum absolute atomic E-state index is 0.00287. The molecule has 1 unspecified atom stereocenters. The lowest BCUT2D eigenvalue weighted by Gasteiger charge is -2.20. The molecule has 0 bridgehead atoms. The zero-order valence-electron chi connectivity index (χ0n) is 10.8. The Morgan fingerprint density at radius 3 is 2.22 bits per heavy atom. The average Bonchev–Trinajstić information content (AvgIpc) is 2.69. The van der Waals surface area contributed by atoms with Crippen LogP contribution in [0.25, 0.3) is 0 Å². The van der Waals surface area contributed by atoms with Gasteiger partial charge in [0.1, 0.15) is 0 Å². The van der Waals surface area contributed by atoms with Crippen molar-refractivity contribution in [2.45, 2.75) is 26.8 Å². The van der Waals surface area contributed by atoms with Crippen molar-refractivity contribution in [1.82, 2.24) is 5.43 Å². The lowest BCUT2D eigenvalue weighted by molar-refractivity contribution is 0.639. The van der Waals surface area contributed by atoms with Crippen molar-refractivity contribution in [3.8, 4) is 0 Å². The first kappa shape index (κ1) is 13.6. The highest BCUT2D eigenvalue weighted by Crippen LogP contribution is 2.33. The molecule has 4 heteroatoms. The Kier molecular flexibility index (Phi) is 4.07. The quantitative estimate of drug-likeness (QED) is 0.661. The predicted octanol–water partition coefficient (Wildman–Crippen LogP) is 3.88. The molecule has 0 saturated heterocycles. The molecule has 0 saturated carbocycles. The van der Waals surface area contributed by atoms with Crippen molar-refractivity contribution in [3.05, 3.63) is 55.7 Å². The molecule has 0 fully saturated rings. The number of rotatable bonds is 3. The van der Waals surface area contributed by atoms with Gasteiger partial charge in [-0.2, -0.15) is 0 Å². The first-order chi connectivity index (χ1) is 8.52. The van der Waals surface area contributed by atoms with Gasteiger partial charge in [0.2, 0.25) is 0 Å². The van der Waals surface area contributed by atoms with Crippen molar-refractivity contribution < 1.29 is 0 Å². The monoisotopic (exact) mass is 280 g/mol. The first-order valence-corrected chi connectivity index (χ1v) is 7.01. The van der Waals surface area contributed by atoms with Crippen LogP contribution in [0.4, 0.5) is 0 Å². The number of hydrazine groups is 1. The fourth-order valence-electron chi connectivity index (χ4n) is 2.44. The van der Waals surface area contributed by atoms with Gasteiger partial charge in [0, 0.05) is 4.88 Å². The van der Waals surface area contributed by atoms with Crippen LogP contribution in [0.3, 0.4) is 0 Å². The Morgan fingerprint density at radius 1 is 1.17 bits per heavy atom. The zero-order chi connectivity index (χ0) is 13.3.